The zero-order valence-electron chi connectivity index (χ0n) is 15.3. The molecular formula is C21H23BrCl2N2O. The highest BCUT2D eigenvalue weighted by Gasteiger charge is 2.52. The van der Waals surface area contributed by atoms with Crippen molar-refractivity contribution < 1.29 is 26.7 Å². The second kappa shape index (κ2) is 8.12. The van der Waals surface area contributed by atoms with Crippen molar-refractivity contribution in [2.24, 2.45) is 0 Å². The number of amidine groups is 1. The monoisotopic (exact) mass is 468 g/mol. The van der Waals surface area contributed by atoms with Gasteiger partial charge in [0.25, 0.3) is 11.6 Å². The van der Waals surface area contributed by atoms with E-state index in [0.717, 1.165) is 37.1 Å². The van der Waals surface area contributed by atoms with Crippen LogP contribution < -0.4 is 21.9 Å². The molecule has 3 nitrogen and oxygen atoms in total. The molecule has 0 radical (unpaired) electrons. The lowest BCUT2D eigenvalue weighted by molar-refractivity contribution is -0.658. The minimum Gasteiger partial charge on any atom is -1.00 e. The van der Waals surface area contributed by atoms with Gasteiger partial charge in [-0.1, -0.05) is 47.5 Å². The van der Waals surface area contributed by atoms with Crippen molar-refractivity contribution in [2.45, 2.75) is 38.3 Å². The number of β-amino-alcohol motifs (C(OH)–C–C–N with tert-alkyl or cyclic N) is 1. The molecule has 1 N–H and O–H groups in total. The van der Waals surface area contributed by atoms with Crippen molar-refractivity contribution in [3.63, 3.8) is 0 Å². The number of rotatable bonds is 2. The summed E-state index contributed by atoms with van der Waals surface area (Å²) in [6.45, 7) is 3.45. The molecule has 1 unspecified atom stereocenters. The lowest BCUT2D eigenvalue weighted by atomic mass is 10.0. The number of benzene rings is 2. The van der Waals surface area contributed by atoms with Crippen LogP contribution in [0.4, 0.5) is 5.69 Å². The predicted octanol–water partition coefficient (Wildman–Crippen LogP) is 1.96. The lowest BCUT2D eigenvalue weighted by Gasteiger charge is -2.24. The maximum Gasteiger partial charge on any atom is 0.271 e. The maximum atomic E-state index is 11.8. The fraction of sp³-hybridized carbons (Fsp3) is 0.381. The first-order chi connectivity index (χ1) is 12.5. The van der Waals surface area contributed by atoms with Gasteiger partial charge < -0.3 is 22.1 Å². The fourth-order valence-electron chi connectivity index (χ4n) is 4.15. The zero-order valence-corrected chi connectivity index (χ0v) is 18.4. The van der Waals surface area contributed by atoms with Crippen LogP contribution in [0.3, 0.4) is 0 Å². The number of halogens is 3. The highest BCUT2D eigenvalue weighted by Crippen LogP contribution is 2.38. The number of para-hydroxylation sites is 1. The molecule has 2 heterocycles. The maximum absolute atomic E-state index is 11.8. The SMILES string of the molecule is Cc1ccccc1N1CC(O)(c2ccc(Cl)c(Cl)c2)[N+]2=C1CCCCC2.[Br-]. The standard InChI is InChI=1S/C21H23Cl2N2O.BrH/c1-15-7-4-5-8-19(15)24-14-21(26,16-10-11-17(22)18(23)13-16)25-12-6-2-3-9-20(24)25;/h4-5,7-8,10-11,13,26H,2-3,6,9,12,14H2,1H3;1H/q+1;/p-1. The van der Waals surface area contributed by atoms with Gasteiger partial charge in [0.2, 0.25) is 0 Å². The average Bonchev–Trinajstić information content (AvgIpc) is 2.78. The van der Waals surface area contributed by atoms with Crippen LogP contribution in [0.5, 0.6) is 0 Å². The van der Waals surface area contributed by atoms with E-state index in [9.17, 15) is 5.11 Å². The van der Waals surface area contributed by atoms with Gasteiger partial charge in [-0.3, -0.25) is 0 Å². The molecule has 0 saturated carbocycles. The molecule has 0 bridgehead atoms. The summed E-state index contributed by atoms with van der Waals surface area (Å²) in [7, 11) is 0. The van der Waals surface area contributed by atoms with Crippen LogP contribution in [0.15, 0.2) is 42.5 Å². The number of aliphatic hydroxyl groups is 1. The molecule has 27 heavy (non-hydrogen) atoms. The Hall–Kier alpha value is -1.07. The summed E-state index contributed by atoms with van der Waals surface area (Å²) >= 11 is 12.4. The van der Waals surface area contributed by atoms with Gasteiger partial charge in [-0.2, -0.15) is 0 Å². The molecular weight excluding hydrogens is 447 g/mol. The molecule has 0 fully saturated rings. The van der Waals surface area contributed by atoms with Crippen LogP contribution in [0.2, 0.25) is 10.0 Å². The van der Waals surface area contributed by atoms with Gasteiger partial charge >= 0.3 is 0 Å². The molecule has 0 spiro atoms. The van der Waals surface area contributed by atoms with Crippen molar-refractivity contribution in [3.05, 3.63) is 63.6 Å². The van der Waals surface area contributed by atoms with Crippen molar-refractivity contribution in [3.8, 4) is 0 Å². The summed E-state index contributed by atoms with van der Waals surface area (Å²) in [5.74, 6) is 1.20. The van der Waals surface area contributed by atoms with Crippen molar-refractivity contribution in [2.75, 3.05) is 18.0 Å². The second-order valence-corrected chi connectivity index (χ2v) is 8.01. The Morgan fingerprint density at radius 3 is 2.56 bits per heavy atom. The van der Waals surface area contributed by atoms with E-state index < -0.39 is 5.72 Å². The smallest absolute Gasteiger partial charge is 0.271 e. The Morgan fingerprint density at radius 2 is 1.81 bits per heavy atom. The number of anilines is 1. The van der Waals surface area contributed by atoms with Crippen molar-refractivity contribution in [1.29, 1.82) is 0 Å². The molecule has 1 atom stereocenters. The van der Waals surface area contributed by atoms with Gasteiger partial charge in [0.15, 0.2) is 6.54 Å². The first-order valence-corrected chi connectivity index (χ1v) is 9.91. The molecule has 0 aliphatic carbocycles. The Kier molecular flexibility index (Phi) is 6.21. The van der Waals surface area contributed by atoms with Gasteiger partial charge in [-0.15, -0.1) is 0 Å². The summed E-state index contributed by atoms with van der Waals surface area (Å²) in [6.07, 6.45) is 4.37. The Balaban J connectivity index is 0.00000210. The van der Waals surface area contributed by atoms with Gasteiger partial charge in [0.05, 0.1) is 16.6 Å². The minimum absolute atomic E-state index is 0. The van der Waals surface area contributed by atoms with E-state index in [-0.39, 0.29) is 17.0 Å². The summed E-state index contributed by atoms with van der Waals surface area (Å²) in [5, 5.41) is 12.8. The predicted molar refractivity (Wildman–Crippen MR) is 107 cm³/mol. The minimum atomic E-state index is -1.10. The summed E-state index contributed by atoms with van der Waals surface area (Å²) < 4.78 is 2.17. The Bertz CT molecular complexity index is 886. The molecule has 2 aromatic rings. The largest absolute Gasteiger partial charge is 1.00 e. The van der Waals surface area contributed by atoms with E-state index in [1.807, 2.05) is 6.07 Å². The van der Waals surface area contributed by atoms with Crippen LogP contribution in [-0.4, -0.2) is 28.6 Å². The molecule has 2 aliphatic heterocycles. The highest BCUT2D eigenvalue weighted by atomic mass is 79.9. The highest BCUT2D eigenvalue weighted by molar-refractivity contribution is 6.42. The van der Waals surface area contributed by atoms with Gasteiger partial charge in [-0.25, -0.2) is 9.48 Å². The van der Waals surface area contributed by atoms with E-state index in [1.54, 1.807) is 12.1 Å². The summed E-state index contributed by atoms with van der Waals surface area (Å²) in [5.41, 5.74) is 2.06. The van der Waals surface area contributed by atoms with Gasteiger partial charge in [0.1, 0.15) is 5.69 Å². The van der Waals surface area contributed by atoms with E-state index in [4.69, 9.17) is 23.2 Å². The second-order valence-electron chi connectivity index (χ2n) is 7.20. The van der Waals surface area contributed by atoms with Gasteiger partial charge in [-0.05, 0) is 49.9 Å². The fourth-order valence-corrected chi connectivity index (χ4v) is 4.45. The van der Waals surface area contributed by atoms with E-state index in [1.165, 1.54) is 17.8 Å². The number of hydrogen-bond donors (Lipinski definition) is 1. The number of nitrogens with zero attached hydrogens (tertiary/aromatic N) is 2. The summed E-state index contributed by atoms with van der Waals surface area (Å²) in [6, 6.07) is 13.8. The van der Waals surface area contributed by atoms with Crippen molar-refractivity contribution >= 4 is 34.7 Å². The third-order valence-electron chi connectivity index (χ3n) is 5.52. The van der Waals surface area contributed by atoms with Crippen LogP contribution in [0.25, 0.3) is 0 Å². The normalized spacial score (nSPS) is 22.3. The number of aryl methyl sites for hydroxylation is 1. The molecule has 0 saturated heterocycles. The molecule has 6 heteroatoms. The molecule has 2 aromatic carbocycles. The Labute approximate surface area is 181 Å². The third kappa shape index (κ3) is 3.65. The average molecular weight is 470 g/mol. The summed E-state index contributed by atoms with van der Waals surface area (Å²) in [4.78, 5) is 2.28. The van der Waals surface area contributed by atoms with E-state index in [0.29, 0.717) is 16.6 Å². The Morgan fingerprint density at radius 1 is 1.04 bits per heavy atom. The van der Waals surface area contributed by atoms with Crippen molar-refractivity contribution in [1.82, 2.24) is 0 Å². The first kappa shape index (κ1) is 20.7. The topological polar surface area (TPSA) is 26.5 Å². The first-order valence-electron chi connectivity index (χ1n) is 9.15. The third-order valence-corrected chi connectivity index (χ3v) is 6.26. The molecule has 2 aliphatic rings. The van der Waals surface area contributed by atoms with Crippen LogP contribution >= 0.6 is 23.2 Å². The van der Waals surface area contributed by atoms with E-state index >= 15 is 0 Å². The quantitative estimate of drug-likeness (QED) is 0.680. The van der Waals surface area contributed by atoms with E-state index in [2.05, 4.69) is 40.7 Å². The van der Waals surface area contributed by atoms with Crippen LogP contribution in [-0.2, 0) is 5.72 Å². The molecule has 0 aromatic heterocycles. The van der Waals surface area contributed by atoms with Crippen LogP contribution in [0, 0.1) is 6.92 Å². The van der Waals surface area contributed by atoms with Gasteiger partial charge in [0, 0.05) is 12.0 Å². The van der Waals surface area contributed by atoms with Crippen LogP contribution in [0.1, 0.15) is 36.8 Å². The number of hydrogen-bond acceptors (Lipinski definition) is 2. The lowest BCUT2D eigenvalue weighted by Crippen LogP contribution is -3.00. The molecule has 4 rings (SSSR count). The molecule has 0 amide bonds. The molecule has 144 valence electrons. The zero-order chi connectivity index (χ0) is 18.3.